The average Bonchev–Trinajstić information content (AvgIpc) is 1.82. The number of hydrogen-bond donors (Lipinski definition) is 2. The van der Waals surface area contributed by atoms with E-state index in [0.717, 1.165) is 0 Å². The highest BCUT2D eigenvalue weighted by atomic mass is 15.3. The maximum absolute atomic E-state index is 7.70. The van der Waals surface area contributed by atoms with Crippen LogP contribution in [0.1, 0.15) is 34.6 Å². The summed E-state index contributed by atoms with van der Waals surface area (Å²) >= 11 is 0. The zero-order chi connectivity index (χ0) is 9.94. The summed E-state index contributed by atoms with van der Waals surface area (Å²) in [6.45, 7) is 10.3. The number of nitrogens with one attached hydrogen (secondary N) is 2. The molecule has 0 heterocycles. The second-order valence-electron chi connectivity index (χ2n) is 4.43. The maximum atomic E-state index is 7.70. The molecular formula is C9H21N3. The zero-order valence-corrected chi connectivity index (χ0v) is 9.02. The molecule has 12 heavy (non-hydrogen) atoms. The highest BCUT2D eigenvalue weighted by Crippen LogP contribution is 2.01. The van der Waals surface area contributed by atoms with Gasteiger partial charge in [0.25, 0.3) is 0 Å². The molecule has 0 aromatic carbocycles. The van der Waals surface area contributed by atoms with Gasteiger partial charge in [0.2, 0.25) is 0 Å². The van der Waals surface area contributed by atoms with E-state index in [1.165, 1.54) is 0 Å². The summed E-state index contributed by atoms with van der Waals surface area (Å²) in [6, 6.07) is 0.368. The largest absolute Gasteiger partial charge is 0.352 e. The molecule has 72 valence electrons. The van der Waals surface area contributed by atoms with Crippen LogP contribution in [0.4, 0.5) is 0 Å². The fourth-order valence-electron chi connectivity index (χ4n) is 0.702. The van der Waals surface area contributed by atoms with Gasteiger partial charge in [-0.25, -0.2) is 0 Å². The Hall–Kier alpha value is -0.730. The fourth-order valence-corrected chi connectivity index (χ4v) is 0.702. The van der Waals surface area contributed by atoms with Crippen LogP contribution in [0, 0.1) is 5.41 Å². The molecule has 0 bridgehead atoms. The third kappa shape index (κ3) is 4.21. The van der Waals surface area contributed by atoms with Gasteiger partial charge in [0, 0.05) is 18.6 Å². The summed E-state index contributed by atoms with van der Waals surface area (Å²) in [6.07, 6.45) is 0. The summed E-state index contributed by atoms with van der Waals surface area (Å²) in [4.78, 5) is 1.91. The topological polar surface area (TPSA) is 39.1 Å². The van der Waals surface area contributed by atoms with Crippen molar-refractivity contribution < 1.29 is 0 Å². The molecule has 0 rings (SSSR count). The number of hydrogen-bond acceptors (Lipinski definition) is 1. The zero-order valence-electron chi connectivity index (χ0n) is 9.02. The maximum Gasteiger partial charge on any atom is 0.191 e. The van der Waals surface area contributed by atoms with Crippen molar-refractivity contribution in [3.8, 4) is 0 Å². The molecule has 0 aliphatic rings. The van der Waals surface area contributed by atoms with Gasteiger partial charge in [-0.3, -0.25) is 5.41 Å². The van der Waals surface area contributed by atoms with Crippen LogP contribution in [0.5, 0.6) is 0 Å². The van der Waals surface area contributed by atoms with E-state index in [1.807, 2.05) is 11.9 Å². The van der Waals surface area contributed by atoms with Crippen molar-refractivity contribution in [2.75, 3.05) is 7.05 Å². The highest BCUT2D eigenvalue weighted by molar-refractivity contribution is 5.77. The molecule has 0 atom stereocenters. The molecule has 0 spiro atoms. The first kappa shape index (κ1) is 11.3. The van der Waals surface area contributed by atoms with Gasteiger partial charge in [0.1, 0.15) is 0 Å². The molecule has 0 aliphatic carbocycles. The predicted octanol–water partition coefficient (Wildman–Crippen LogP) is 1.65. The molecule has 3 heteroatoms. The van der Waals surface area contributed by atoms with Gasteiger partial charge in [0.05, 0.1) is 0 Å². The Balaban J connectivity index is 4.05. The van der Waals surface area contributed by atoms with Crippen LogP contribution in [0.3, 0.4) is 0 Å². The molecule has 0 aromatic heterocycles. The molecule has 2 N–H and O–H groups in total. The van der Waals surface area contributed by atoms with E-state index in [9.17, 15) is 0 Å². The molecule has 0 aromatic rings. The van der Waals surface area contributed by atoms with Gasteiger partial charge in [-0.2, -0.15) is 0 Å². The molecular weight excluding hydrogens is 150 g/mol. The molecule has 3 nitrogen and oxygen atoms in total. The third-order valence-electron chi connectivity index (χ3n) is 1.62. The van der Waals surface area contributed by atoms with E-state index in [4.69, 9.17) is 5.41 Å². The summed E-state index contributed by atoms with van der Waals surface area (Å²) in [5, 5.41) is 10.8. The quantitative estimate of drug-likeness (QED) is 0.465. The highest BCUT2D eigenvalue weighted by Gasteiger charge is 2.15. The van der Waals surface area contributed by atoms with Crippen LogP contribution >= 0.6 is 0 Å². The second kappa shape index (κ2) is 3.78. The lowest BCUT2D eigenvalue weighted by Gasteiger charge is -2.30. The minimum Gasteiger partial charge on any atom is -0.352 e. The predicted molar refractivity (Wildman–Crippen MR) is 53.5 cm³/mol. The number of guanidine groups is 1. The number of rotatable bonds is 1. The van der Waals surface area contributed by atoms with Crippen molar-refractivity contribution in [3.63, 3.8) is 0 Å². The summed E-state index contributed by atoms with van der Waals surface area (Å²) in [5.41, 5.74) is -0.0275. The average molecular weight is 171 g/mol. The van der Waals surface area contributed by atoms with Gasteiger partial charge < -0.3 is 10.2 Å². The van der Waals surface area contributed by atoms with Crippen molar-refractivity contribution in [2.24, 2.45) is 0 Å². The summed E-state index contributed by atoms with van der Waals surface area (Å²) in [7, 11) is 1.92. The summed E-state index contributed by atoms with van der Waals surface area (Å²) < 4.78 is 0. The first-order chi connectivity index (χ1) is 5.24. The van der Waals surface area contributed by atoms with Gasteiger partial charge in [0.15, 0.2) is 5.96 Å². The van der Waals surface area contributed by atoms with Crippen LogP contribution in [-0.4, -0.2) is 29.5 Å². The molecule has 0 aliphatic heterocycles. The molecule has 0 unspecified atom stereocenters. The third-order valence-corrected chi connectivity index (χ3v) is 1.62. The van der Waals surface area contributed by atoms with E-state index in [-0.39, 0.29) is 5.54 Å². The monoisotopic (exact) mass is 171 g/mol. The smallest absolute Gasteiger partial charge is 0.191 e. The van der Waals surface area contributed by atoms with E-state index in [1.54, 1.807) is 0 Å². The molecule has 0 amide bonds. The molecule has 0 saturated heterocycles. The SMILES string of the molecule is CC(C)N(C)C(=N)NC(C)(C)C. The van der Waals surface area contributed by atoms with Crippen molar-refractivity contribution in [2.45, 2.75) is 46.2 Å². The van der Waals surface area contributed by atoms with Gasteiger partial charge in [-0.05, 0) is 34.6 Å². The van der Waals surface area contributed by atoms with Crippen molar-refractivity contribution >= 4 is 5.96 Å². The van der Waals surface area contributed by atoms with Crippen LogP contribution in [0.15, 0.2) is 0 Å². The van der Waals surface area contributed by atoms with Crippen molar-refractivity contribution in [1.82, 2.24) is 10.2 Å². The normalized spacial score (nSPS) is 11.6. The molecule has 0 fully saturated rings. The Morgan fingerprint density at radius 3 is 2.00 bits per heavy atom. The van der Waals surface area contributed by atoms with Crippen LogP contribution in [0.2, 0.25) is 0 Å². The molecule has 0 saturated carbocycles. The Bertz CT molecular complexity index is 156. The lowest BCUT2D eigenvalue weighted by Crippen LogP contribution is -2.49. The summed E-state index contributed by atoms with van der Waals surface area (Å²) in [5.74, 6) is 0.484. The lowest BCUT2D eigenvalue weighted by molar-refractivity contribution is 0.375. The second-order valence-corrected chi connectivity index (χ2v) is 4.43. The van der Waals surface area contributed by atoms with Crippen LogP contribution in [0.25, 0.3) is 0 Å². The van der Waals surface area contributed by atoms with Gasteiger partial charge in [-0.1, -0.05) is 0 Å². The van der Waals surface area contributed by atoms with Gasteiger partial charge >= 0.3 is 0 Å². The van der Waals surface area contributed by atoms with E-state index in [2.05, 4.69) is 39.9 Å². The minimum atomic E-state index is -0.0275. The lowest BCUT2D eigenvalue weighted by atomic mass is 10.1. The van der Waals surface area contributed by atoms with E-state index >= 15 is 0 Å². The fraction of sp³-hybridized carbons (Fsp3) is 0.889. The van der Waals surface area contributed by atoms with Crippen molar-refractivity contribution in [3.05, 3.63) is 0 Å². The van der Waals surface area contributed by atoms with Crippen LogP contribution in [-0.2, 0) is 0 Å². The van der Waals surface area contributed by atoms with Crippen LogP contribution < -0.4 is 5.32 Å². The van der Waals surface area contributed by atoms with E-state index in [0.29, 0.717) is 12.0 Å². The first-order valence-electron chi connectivity index (χ1n) is 4.33. The Morgan fingerprint density at radius 2 is 1.75 bits per heavy atom. The molecule has 0 radical (unpaired) electrons. The van der Waals surface area contributed by atoms with Gasteiger partial charge in [-0.15, -0.1) is 0 Å². The number of nitrogens with zero attached hydrogens (tertiary/aromatic N) is 1. The Labute approximate surface area is 75.7 Å². The van der Waals surface area contributed by atoms with Crippen molar-refractivity contribution in [1.29, 1.82) is 5.41 Å². The first-order valence-corrected chi connectivity index (χ1v) is 4.33. The minimum absolute atomic E-state index is 0.0275. The Morgan fingerprint density at radius 1 is 1.33 bits per heavy atom. The standard InChI is InChI=1S/C9H21N3/c1-7(2)12(6)8(10)11-9(3,4)5/h7H,1-6H3,(H2,10,11). The van der Waals surface area contributed by atoms with E-state index < -0.39 is 0 Å². The Kier molecular flexibility index (Phi) is 3.55.